The third kappa shape index (κ3) is 3.90. The minimum atomic E-state index is -0.453. The van der Waals surface area contributed by atoms with Crippen LogP contribution in [0.1, 0.15) is 35.8 Å². The van der Waals surface area contributed by atoms with Crippen molar-refractivity contribution < 1.29 is 9.90 Å². The van der Waals surface area contributed by atoms with Crippen LogP contribution in [0.25, 0.3) is 0 Å². The summed E-state index contributed by atoms with van der Waals surface area (Å²) < 4.78 is 1.79. The molecule has 0 saturated carbocycles. The molecule has 2 aliphatic heterocycles. The summed E-state index contributed by atoms with van der Waals surface area (Å²) in [5, 5.41) is 13.6. The molecular weight excluding hydrogens is 414 g/mol. The van der Waals surface area contributed by atoms with Crippen LogP contribution < -0.4 is 10.9 Å². The summed E-state index contributed by atoms with van der Waals surface area (Å²) in [6, 6.07) is 24.8. The highest BCUT2D eigenvalue weighted by molar-refractivity contribution is 5.81. The fourth-order valence-corrected chi connectivity index (χ4v) is 5.62. The van der Waals surface area contributed by atoms with Crippen molar-refractivity contribution in [3.63, 3.8) is 0 Å². The highest BCUT2D eigenvalue weighted by atomic mass is 16.3. The zero-order valence-corrected chi connectivity index (χ0v) is 18.7. The molecule has 2 aromatic carbocycles. The number of carbonyl (C=O) groups is 1. The summed E-state index contributed by atoms with van der Waals surface area (Å²) in [5.41, 5.74) is 2.97. The molecule has 6 heteroatoms. The summed E-state index contributed by atoms with van der Waals surface area (Å²) in [5.74, 6) is -0.799. The lowest BCUT2D eigenvalue weighted by Gasteiger charge is -2.38. The zero-order valence-electron chi connectivity index (χ0n) is 18.7. The molecule has 0 radical (unpaired) electrons. The number of nitrogens with one attached hydrogen (secondary N) is 1. The fourth-order valence-electron chi connectivity index (χ4n) is 5.62. The van der Waals surface area contributed by atoms with Gasteiger partial charge in [-0.1, -0.05) is 66.7 Å². The number of aliphatic hydroxyl groups is 1. The first-order valence-electron chi connectivity index (χ1n) is 11.5. The zero-order chi connectivity index (χ0) is 22.9. The Kier molecular flexibility index (Phi) is 5.87. The van der Waals surface area contributed by atoms with E-state index < -0.39 is 5.92 Å². The first kappa shape index (κ1) is 21.6. The van der Waals surface area contributed by atoms with Gasteiger partial charge in [0.25, 0.3) is 5.56 Å². The van der Waals surface area contributed by atoms with Gasteiger partial charge in [-0.15, -0.1) is 0 Å². The number of hydrogen-bond donors (Lipinski definition) is 2. The molecule has 33 heavy (non-hydrogen) atoms. The molecule has 1 saturated heterocycles. The number of rotatable bonds is 6. The minimum Gasteiger partial charge on any atom is -0.396 e. The lowest BCUT2D eigenvalue weighted by molar-refractivity contribution is -0.128. The second-order valence-corrected chi connectivity index (χ2v) is 9.08. The maximum Gasteiger partial charge on any atom is 0.250 e. The number of aliphatic hydroxyl groups excluding tert-OH is 1. The monoisotopic (exact) mass is 443 g/mol. The SMILES string of the molecule is C[C@H](NC(=O)[C@@H]1[C@@H](CO)[C@@H]2Cn3c(cccc3=O)[C@H]1N2Cc1ccccc1)c1ccccc1. The van der Waals surface area contributed by atoms with Gasteiger partial charge in [0.2, 0.25) is 5.91 Å². The molecule has 2 bridgehead atoms. The standard InChI is InChI=1S/C27H29N3O3/c1-18(20-11-6-3-7-12-20)28-27(33)25-21(17-31)23-16-29-22(13-8-14-24(29)32)26(25)30(23)15-19-9-4-2-5-10-19/h2-14,18,21,23,25-26,31H,15-17H2,1H3,(H,28,33)/t18-,21-,23-,25+,26+/m0/s1. The van der Waals surface area contributed by atoms with E-state index >= 15 is 0 Å². The predicted octanol–water partition coefficient (Wildman–Crippen LogP) is 2.89. The second-order valence-electron chi connectivity index (χ2n) is 9.08. The van der Waals surface area contributed by atoms with E-state index in [0.29, 0.717) is 13.1 Å². The van der Waals surface area contributed by atoms with Gasteiger partial charge in [-0.25, -0.2) is 0 Å². The molecule has 5 rings (SSSR count). The van der Waals surface area contributed by atoms with Crippen LogP contribution in [0.2, 0.25) is 0 Å². The number of pyridine rings is 1. The van der Waals surface area contributed by atoms with Crippen LogP contribution in [-0.4, -0.2) is 33.1 Å². The molecule has 3 heterocycles. The van der Waals surface area contributed by atoms with Gasteiger partial charge < -0.3 is 15.0 Å². The molecule has 3 aromatic rings. The van der Waals surface area contributed by atoms with Gasteiger partial charge in [0, 0.05) is 43.4 Å². The Morgan fingerprint density at radius 1 is 1.03 bits per heavy atom. The summed E-state index contributed by atoms with van der Waals surface area (Å²) >= 11 is 0. The molecule has 1 aromatic heterocycles. The Balaban J connectivity index is 1.52. The number of carbonyl (C=O) groups excluding carboxylic acids is 1. The summed E-state index contributed by atoms with van der Waals surface area (Å²) in [6.45, 7) is 3.00. The van der Waals surface area contributed by atoms with E-state index in [4.69, 9.17) is 0 Å². The van der Waals surface area contributed by atoms with Crippen LogP contribution in [0.5, 0.6) is 0 Å². The molecule has 2 aliphatic rings. The first-order chi connectivity index (χ1) is 16.1. The van der Waals surface area contributed by atoms with E-state index in [1.807, 2.05) is 61.5 Å². The van der Waals surface area contributed by atoms with Crippen LogP contribution in [0.4, 0.5) is 0 Å². The molecule has 0 spiro atoms. The molecule has 6 nitrogen and oxygen atoms in total. The highest BCUT2D eigenvalue weighted by Crippen LogP contribution is 2.49. The molecule has 2 N–H and O–H groups in total. The Bertz CT molecular complexity index is 1180. The summed E-state index contributed by atoms with van der Waals surface area (Å²) in [6.07, 6.45) is 0. The van der Waals surface area contributed by atoms with E-state index in [2.05, 4.69) is 22.3 Å². The first-order valence-corrected chi connectivity index (χ1v) is 11.5. The molecule has 1 fully saturated rings. The number of aromatic nitrogens is 1. The second kappa shape index (κ2) is 8.96. The number of nitrogens with zero attached hydrogens (tertiary/aromatic N) is 2. The smallest absolute Gasteiger partial charge is 0.250 e. The van der Waals surface area contributed by atoms with Crippen molar-refractivity contribution in [2.24, 2.45) is 11.8 Å². The van der Waals surface area contributed by atoms with E-state index in [1.54, 1.807) is 16.7 Å². The van der Waals surface area contributed by atoms with Crippen molar-refractivity contribution in [3.8, 4) is 0 Å². The number of benzene rings is 2. The van der Waals surface area contributed by atoms with Crippen LogP contribution in [0.15, 0.2) is 83.7 Å². The number of fused-ring (bicyclic) bond motifs is 4. The van der Waals surface area contributed by atoms with E-state index in [0.717, 1.165) is 16.8 Å². The topological polar surface area (TPSA) is 74.6 Å². The van der Waals surface area contributed by atoms with E-state index in [-0.39, 0.29) is 42.1 Å². The van der Waals surface area contributed by atoms with E-state index in [1.165, 1.54) is 0 Å². The van der Waals surface area contributed by atoms with Crippen molar-refractivity contribution in [2.75, 3.05) is 6.61 Å². The van der Waals surface area contributed by atoms with E-state index in [9.17, 15) is 14.7 Å². The van der Waals surface area contributed by atoms with Crippen molar-refractivity contribution in [2.45, 2.75) is 38.1 Å². The molecule has 170 valence electrons. The lowest BCUT2D eigenvalue weighted by atomic mass is 9.86. The normalized spacial score (nSPS) is 24.8. The quantitative estimate of drug-likeness (QED) is 0.614. The number of amides is 1. The third-order valence-corrected chi connectivity index (χ3v) is 7.21. The largest absolute Gasteiger partial charge is 0.396 e. The van der Waals surface area contributed by atoms with Gasteiger partial charge in [-0.05, 0) is 24.1 Å². The van der Waals surface area contributed by atoms with Crippen LogP contribution in [-0.2, 0) is 17.9 Å². The molecule has 0 unspecified atom stereocenters. The minimum absolute atomic E-state index is 0.0581. The van der Waals surface area contributed by atoms with Crippen LogP contribution >= 0.6 is 0 Å². The fraction of sp³-hybridized carbons (Fsp3) is 0.333. The summed E-state index contributed by atoms with van der Waals surface area (Å²) in [4.78, 5) is 28.7. The van der Waals surface area contributed by atoms with Gasteiger partial charge in [-0.2, -0.15) is 0 Å². The van der Waals surface area contributed by atoms with Gasteiger partial charge >= 0.3 is 0 Å². The average molecular weight is 444 g/mol. The van der Waals surface area contributed by atoms with Gasteiger partial charge in [0.1, 0.15) is 0 Å². The Labute approximate surface area is 193 Å². The van der Waals surface area contributed by atoms with Crippen LogP contribution in [0, 0.1) is 11.8 Å². The Morgan fingerprint density at radius 2 is 1.73 bits per heavy atom. The van der Waals surface area contributed by atoms with Crippen molar-refractivity contribution in [1.29, 1.82) is 0 Å². The molecular formula is C27H29N3O3. The number of hydrogen-bond acceptors (Lipinski definition) is 4. The Hall–Kier alpha value is -3.22. The molecule has 1 amide bonds. The average Bonchev–Trinajstić information content (AvgIpc) is 3.04. The molecule has 0 aliphatic carbocycles. The Morgan fingerprint density at radius 3 is 2.42 bits per heavy atom. The van der Waals surface area contributed by atoms with Gasteiger partial charge in [-0.3, -0.25) is 14.5 Å². The third-order valence-electron chi connectivity index (χ3n) is 7.21. The van der Waals surface area contributed by atoms with Crippen molar-refractivity contribution in [1.82, 2.24) is 14.8 Å². The van der Waals surface area contributed by atoms with Gasteiger partial charge in [0.15, 0.2) is 0 Å². The van der Waals surface area contributed by atoms with Crippen LogP contribution in [0.3, 0.4) is 0 Å². The van der Waals surface area contributed by atoms with Crippen molar-refractivity contribution in [3.05, 3.63) is 106 Å². The maximum atomic E-state index is 13.7. The highest BCUT2D eigenvalue weighted by Gasteiger charge is 2.55. The lowest BCUT2D eigenvalue weighted by Crippen LogP contribution is -2.45. The molecule has 5 atom stereocenters. The maximum absolute atomic E-state index is 13.7. The van der Waals surface area contributed by atoms with Gasteiger partial charge in [0.05, 0.1) is 18.0 Å². The van der Waals surface area contributed by atoms with Crippen molar-refractivity contribution >= 4 is 5.91 Å². The summed E-state index contributed by atoms with van der Waals surface area (Å²) in [7, 11) is 0. The predicted molar refractivity (Wildman–Crippen MR) is 126 cm³/mol.